The molecule has 1 atom stereocenters. The molecule has 104 valence electrons. The van der Waals surface area contributed by atoms with Crippen molar-refractivity contribution in [2.24, 2.45) is 0 Å². The predicted molar refractivity (Wildman–Crippen MR) is 81.6 cm³/mol. The quantitative estimate of drug-likeness (QED) is 0.811. The van der Waals surface area contributed by atoms with E-state index in [2.05, 4.69) is 39.6 Å². The molecule has 2 aromatic heterocycles. The highest BCUT2D eigenvalue weighted by Gasteiger charge is 2.18. The summed E-state index contributed by atoms with van der Waals surface area (Å²) in [5.41, 5.74) is 1.23. The number of methoxy groups -OCH3 is 1. The van der Waals surface area contributed by atoms with Gasteiger partial charge in [-0.25, -0.2) is 0 Å². The summed E-state index contributed by atoms with van der Waals surface area (Å²) in [4.78, 5) is 0. The average Bonchev–Trinajstić information content (AvgIpc) is 3.01. The number of rotatable bonds is 7. The van der Waals surface area contributed by atoms with E-state index in [4.69, 9.17) is 9.15 Å². The summed E-state index contributed by atoms with van der Waals surface area (Å²) in [6.45, 7) is 3.62. The van der Waals surface area contributed by atoms with Gasteiger partial charge in [0.05, 0.1) is 9.83 Å². The zero-order valence-electron chi connectivity index (χ0n) is 11.1. The molecule has 2 aromatic rings. The summed E-state index contributed by atoms with van der Waals surface area (Å²) >= 11 is 5.20. The van der Waals surface area contributed by atoms with Gasteiger partial charge < -0.3 is 14.5 Å². The van der Waals surface area contributed by atoms with Crippen molar-refractivity contribution in [3.05, 3.63) is 44.4 Å². The van der Waals surface area contributed by atoms with Gasteiger partial charge in [0.25, 0.3) is 0 Å². The van der Waals surface area contributed by atoms with Crippen LogP contribution in [-0.4, -0.2) is 13.7 Å². The van der Waals surface area contributed by atoms with Crippen molar-refractivity contribution in [1.82, 2.24) is 5.32 Å². The fraction of sp³-hybridized carbons (Fsp3) is 0.429. The Bertz CT molecular complexity index is 509. The van der Waals surface area contributed by atoms with Gasteiger partial charge in [-0.1, -0.05) is 6.92 Å². The molecule has 2 heterocycles. The topological polar surface area (TPSA) is 34.4 Å². The maximum atomic E-state index is 5.85. The van der Waals surface area contributed by atoms with Crippen molar-refractivity contribution in [3.63, 3.8) is 0 Å². The maximum Gasteiger partial charge on any atom is 0.129 e. The van der Waals surface area contributed by atoms with Crippen molar-refractivity contribution in [2.75, 3.05) is 13.7 Å². The number of hydrogen-bond acceptors (Lipinski definition) is 4. The molecule has 0 radical (unpaired) electrons. The number of hydrogen-bond donors (Lipinski definition) is 1. The monoisotopic (exact) mass is 343 g/mol. The lowest BCUT2D eigenvalue weighted by molar-refractivity contribution is 0.162. The van der Waals surface area contributed by atoms with Crippen molar-refractivity contribution < 1.29 is 9.15 Å². The van der Waals surface area contributed by atoms with E-state index in [1.807, 2.05) is 12.1 Å². The SMILES string of the molecule is CCCNC(c1csc(Br)c1)c1ccc(COC)o1. The molecule has 19 heavy (non-hydrogen) atoms. The molecular weight excluding hydrogens is 326 g/mol. The molecule has 0 saturated heterocycles. The Morgan fingerprint density at radius 1 is 1.47 bits per heavy atom. The molecule has 0 saturated carbocycles. The zero-order valence-corrected chi connectivity index (χ0v) is 13.5. The minimum Gasteiger partial charge on any atom is -0.462 e. The van der Waals surface area contributed by atoms with Crippen LogP contribution in [0.4, 0.5) is 0 Å². The van der Waals surface area contributed by atoms with Crippen LogP contribution >= 0.6 is 27.3 Å². The van der Waals surface area contributed by atoms with Crippen LogP contribution in [0.5, 0.6) is 0 Å². The highest BCUT2D eigenvalue weighted by Crippen LogP contribution is 2.30. The Labute approximate surface area is 126 Å². The Hall–Kier alpha value is -0.620. The van der Waals surface area contributed by atoms with Gasteiger partial charge in [-0.15, -0.1) is 11.3 Å². The summed E-state index contributed by atoms with van der Waals surface area (Å²) in [6, 6.07) is 6.23. The Kier molecular flexibility index (Phi) is 5.63. The molecule has 0 fully saturated rings. The molecule has 0 spiro atoms. The fourth-order valence-corrected chi connectivity index (χ4v) is 3.12. The highest BCUT2D eigenvalue weighted by atomic mass is 79.9. The van der Waals surface area contributed by atoms with Crippen molar-refractivity contribution >= 4 is 27.3 Å². The number of ether oxygens (including phenoxy) is 1. The van der Waals surface area contributed by atoms with Crippen molar-refractivity contribution in [3.8, 4) is 0 Å². The molecule has 1 unspecified atom stereocenters. The average molecular weight is 344 g/mol. The number of thiophene rings is 1. The number of furan rings is 1. The van der Waals surface area contributed by atoms with Crippen molar-refractivity contribution in [1.29, 1.82) is 0 Å². The molecule has 0 bridgehead atoms. The highest BCUT2D eigenvalue weighted by molar-refractivity contribution is 9.11. The van der Waals surface area contributed by atoms with Crippen LogP contribution < -0.4 is 5.32 Å². The molecule has 5 heteroatoms. The van der Waals surface area contributed by atoms with Crippen LogP contribution in [0.15, 0.2) is 31.8 Å². The second kappa shape index (κ2) is 7.24. The second-order valence-electron chi connectivity index (χ2n) is 4.31. The van der Waals surface area contributed by atoms with Gasteiger partial charge in [-0.05, 0) is 58.0 Å². The molecule has 0 aliphatic heterocycles. The number of halogens is 1. The molecule has 0 aliphatic carbocycles. The van der Waals surface area contributed by atoms with E-state index >= 15 is 0 Å². The minimum absolute atomic E-state index is 0.105. The Morgan fingerprint density at radius 2 is 2.32 bits per heavy atom. The van der Waals surface area contributed by atoms with Crippen molar-refractivity contribution in [2.45, 2.75) is 26.0 Å². The van der Waals surface area contributed by atoms with Crippen LogP contribution in [0.25, 0.3) is 0 Å². The normalized spacial score (nSPS) is 12.8. The maximum absolute atomic E-state index is 5.85. The molecule has 0 aliphatic rings. The first kappa shape index (κ1) is 14.8. The summed E-state index contributed by atoms with van der Waals surface area (Å²) in [7, 11) is 1.67. The lowest BCUT2D eigenvalue weighted by Crippen LogP contribution is -2.22. The van der Waals surface area contributed by atoms with E-state index in [9.17, 15) is 0 Å². The standard InChI is InChI=1S/C14H18BrNO2S/c1-3-6-16-14(10-7-13(15)19-9-10)12-5-4-11(18-12)8-17-2/h4-5,7,9,14,16H,3,6,8H2,1-2H3. The summed E-state index contributed by atoms with van der Waals surface area (Å²) in [5.74, 6) is 1.79. The van der Waals surface area contributed by atoms with Crippen LogP contribution in [0.2, 0.25) is 0 Å². The van der Waals surface area contributed by atoms with Crippen LogP contribution in [0.3, 0.4) is 0 Å². The van der Waals surface area contributed by atoms with Gasteiger partial charge in [0.1, 0.15) is 18.1 Å². The third-order valence-corrected chi connectivity index (χ3v) is 4.30. The minimum atomic E-state index is 0.105. The van der Waals surface area contributed by atoms with Crippen LogP contribution in [0, 0.1) is 0 Å². The first-order chi connectivity index (χ1) is 9.24. The van der Waals surface area contributed by atoms with E-state index in [1.165, 1.54) is 5.56 Å². The van der Waals surface area contributed by atoms with E-state index in [0.29, 0.717) is 6.61 Å². The van der Waals surface area contributed by atoms with E-state index in [0.717, 1.165) is 28.3 Å². The second-order valence-corrected chi connectivity index (χ2v) is 6.60. The lowest BCUT2D eigenvalue weighted by atomic mass is 10.1. The van der Waals surface area contributed by atoms with Gasteiger partial charge in [0.2, 0.25) is 0 Å². The molecular formula is C14H18BrNO2S. The molecule has 2 rings (SSSR count). The fourth-order valence-electron chi connectivity index (χ4n) is 1.92. The lowest BCUT2D eigenvalue weighted by Gasteiger charge is -2.15. The van der Waals surface area contributed by atoms with Gasteiger partial charge in [-0.2, -0.15) is 0 Å². The van der Waals surface area contributed by atoms with Gasteiger partial charge in [-0.3, -0.25) is 0 Å². The third-order valence-electron chi connectivity index (χ3n) is 2.77. The molecule has 3 nitrogen and oxygen atoms in total. The summed E-state index contributed by atoms with van der Waals surface area (Å²) < 4.78 is 12.1. The van der Waals surface area contributed by atoms with Gasteiger partial charge in [0.15, 0.2) is 0 Å². The zero-order chi connectivity index (χ0) is 13.7. The molecule has 1 N–H and O–H groups in total. The number of nitrogens with one attached hydrogen (secondary N) is 1. The van der Waals surface area contributed by atoms with Crippen LogP contribution in [-0.2, 0) is 11.3 Å². The van der Waals surface area contributed by atoms with Crippen LogP contribution in [0.1, 0.15) is 36.5 Å². The summed E-state index contributed by atoms with van der Waals surface area (Å²) in [6.07, 6.45) is 1.09. The Balaban J connectivity index is 2.20. The smallest absolute Gasteiger partial charge is 0.129 e. The molecule has 0 aromatic carbocycles. The predicted octanol–water partition coefficient (Wildman–Crippen LogP) is 4.34. The first-order valence-electron chi connectivity index (χ1n) is 6.29. The Morgan fingerprint density at radius 3 is 2.95 bits per heavy atom. The largest absolute Gasteiger partial charge is 0.462 e. The van der Waals surface area contributed by atoms with Gasteiger partial charge >= 0.3 is 0 Å². The van der Waals surface area contributed by atoms with Gasteiger partial charge in [0, 0.05) is 7.11 Å². The third kappa shape index (κ3) is 3.92. The van der Waals surface area contributed by atoms with E-state index in [-0.39, 0.29) is 6.04 Å². The molecule has 0 amide bonds. The first-order valence-corrected chi connectivity index (χ1v) is 7.96. The van der Waals surface area contributed by atoms with E-state index in [1.54, 1.807) is 18.4 Å². The summed E-state index contributed by atoms with van der Waals surface area (Å²) in [5, 5.41) is 5.67. The van der Waals surface area contributed by atoms with E-state index < -0.39 is 0 Å².